The topological polar surface area (TPSA) is 0 Å². The maximum absolute atomic E-state index is 2.71. The van der Waals surface area contributed by atoms with E-state index in [9.17, 15) is 0 Å². The van der Waals surface area contributed by atoms with E-state index in [-0.39, 0.29) is 32.9 Å². The van der Waals surface area contributed by atoms with Crippen molar-refractivity contribution >= 4 is 26.5 Å². The van der Waals surface area contributed by atoms with E-state index in [1.54, 1.807) is 64.2 Å². The summed E-state index contributed by atoms with van der Waals surface area (Å²) in [5, 5.41) is 3.84. The van der Waals surface area contributed by atoms with Gasteiger partial charge in [0.25, 0.3) is 0 Å². The molecule has 0 amide bonds. The van der Waals surface area contributed by atoms with Crippen LogP contribution in [0.5, 0.6) is 0 Å². The Balaban J connectivity index is 0.000000418. The molecule has 8 bridgehead atoms. The Hall–Kier alpha value is 0.0795. The molecule has 0 atom stereocenters. The Morgan fingerprint density at radius 3 is 1.31 bits per heavy atom. The van der Waals surface area contributed by atoms with Gasteiger partial charge in [-0.1, -0.05) is 35.6 Å². The third-order valence-corrected chi connectivity index (χ3v) is 19.3. The molecule has 10 rings (SSSR count). The van der Waals surface area contributed by atoms with Crippen LogP contribution in [-0.4, -0.2) is 22.6 Å². The first-order chi connectivity index (χ1) is 18.5. The Labute approximate surface area is 253 Å². The van der Waals surface area contributed by atoms with Crippen molar-refractivity contribution in [2.24, 2.45) is 47.3 Å². The van der Waals surface area contributed by atoms with Crippen LogP contribution in [-0.2, 0) is 17.1 Å². The third kappa shape index (κ3) is 5.48. The van der Waals surface area contributed by atoms with E-state index in [1.807, 2.05) is 40.9 Å². The van der Waals surface area contributed by atoms with Gasteiger partial charge in [0.15, 0.2) is 0 Å². The molecule has 8 fully saturated rings. The van der Waals surface area contributed by atoms with E-state index >= 15 is 0 Å². The van der Waals surface area contributed by atoms with Crippen LogP contribution < -0.4 is 10.6 Å². The van der Waals surface area contributed by atoms with E-state index in [1.165, 1.54) is 0 Å². The van der Waals surface area contributed by atoms with Crippen LogP contribution in [0.2, 0.25) is 0 Å². The summed E-state index contributed by atoms with van der Waals surface area (Å²) in [6.07, 6.45) is 16.1. The van der Waals surface area contributed by atoms with Crippen molar-refractivity contribution in [1.29, 1.82) is 0 Å². The average molecular weight is 603 g/mol. The fourth-order valence-corrected chi connectivity index (χ4v) is 19.6. The van der Waals surface area contributed by atoms with Gasteiger partial charge in [0.05, 0.1) is 0 Å². The van der Waals surface area contributed by atoms with Crippen LogP contribution in [0.15, 0.2) is 48.5 Å². The maximum atomic E-state index is 2.71. The second-order valence-corrected chi connectivity index (χ2v) is 21.0. The van der Waals surface area contributed by atoms with Gasteiger partial charge in [-0.05, 0) is 134 Å². The summed E-state index contributed by atoms with van der Waals surface area (Å²) < 4.78 is 0. The molecule has 0 radical (unpaired) electrons. The minimum absolute atomic E-state index is 0. The minimum atomic E-state index is -0.0455. The molecule has 0 aromatic heterocycles. The Bertz CT molecular complexity index is 927. The molecule has 2 aromatic carbocycles. The largest absolute Gasteiger partial charge is 0.748 e. The summed E-state index contributed by atoms with van der Waals surface area (Å²) in [5.41, 5.74) is 3.81. The van der Waals surface area contributed by atoms with E-state index < -0.39 is 0 Å². The zero-order valence-electron chi connectivity index (χ0n) is 24.9. The van der Waals surface area contributed by atoms with Gasteiger partial charge in [-0.25, -0.2) is 12.1 Å². The van der Waals surface area contributed by atoms with Crippen molar-refractivity contribution in [2.75, 3.05) is 0 Å². The molecule has 0 nitrogen and oxygen atoms in total. The van der Waals surface area contributed by atoms with Crippen LogP contribution in [0.3, 0.4) is 0 Å². The molecule has 0 aliphatic heterocycles. The number of hydrogen-bond donors (Lipinski definition) is 0. The van der Waals surface area contributed by atoms with Gasteiger partial charge in [-0.15, -0.1) is 18.5 Å². The van der Waals surface area contributed by atoms with Gasteiger partial charge in [0.2, 0.25) is 0 Å². The van der Waals surface area contributed by atoms with Crippen LogP contribution in [0, 0.1) is 47.3 Å². The summed E-state index contributed by atoms with van der Waals surface area (Å²) in [6, 6.07) is 17.8. The fourth-order valence-electron chi connectivity index (χ4n) is 11.5. The van der Waals surface area contributed by atoms with Crippen LogP contribution in [0.25, 0.3) is 0 Å². The van der Waals surface area contributed by atoms with E-state index in [0.717, 1.165) is 70.0 Å². The maximum Gasteiger partial charge on any atom is 0 e. The van der Waals surface area contributed by atoms with Gasteiger partial charge in [0, 0.05) is 17.1 Å². The summed E-state index contributed by atoms with van der Waals surface area (Å²) in [6.45, 7) is 10.1. The van der Waals surface area contributed by atoms with Crippen molar-refractivity contribution in [3.63, 3.8) is 0 Å². The third-order valence-electron chi connectivity index (χ3n) is 12.0. The van der Waals surface area contributed by atoms with Crippen LogP contribution >= 0.6 is 15.8 Å². The minimum Gasteiger partial charge on any atom is -0.748 e. The van der Waals surface area contributed by atoms with Crippen molar-refractivity contribution in [3.05, 3.63) is 48.5 Å². The quantitative estimate of drug-likeness (QED) is 0.176. The predicted molar refractivity (Wildman–Crippen MR) is 169 cm³/mol. The molecule has 0 spiro atoms. The molecule has 8 aliphatic carbocycles. The zero-order chi connectivity index (χ0) is 26.0. The van der Waals surface area contributed by atoms with E-state index in [0.29, 0.717) is 0 Å². The molecule has 0 heterocycles. The molecule has 0 N–H and O–H groups in total. The molecule has 39 heavy (non-hydrogen) atoms. The first kappa shape index (κ1) is 29.2. The number of hydrogen-bond acceptors (Lipinski definition) is 0. The standard InChI is InChI=1S/C31H47P2.C5H5.Fe/c1-18(2)32(19(3)4)28-6-5-7-29(28)33(30-24-10-20-8-21(12-24)13-25(30)11-20)31-26-14-22-9-23(16-26)17-27(31)15-22;1-2-4-5-3-1;/h5-7,18-27,30-31H,8-17H2,1-4H3;1-5H;/q-1;-5;. The normalized spacial score (nSPS) is 40.2. The van der Waals surface area contributed by atoms with Gasteiger partial charge in [0.1, 0.15) is 0 Å². The summed E-state index contributed by atoms with van der Waals surface area (Å²) >= 11 is 0. The predicted octanol–water partition coefficient (Wildman–Crippen LogP) is 9.49. The first-order valence-corrected chi connectivity index (χ1v) is 19.4. The van der Waals surface area contributed by atoms with E-state index in [4.69, 9.17) is 0 Å². The molecule has 0 saturated heterocycles. The summed E-state index contributed by atoms with van der Waals surface area (Å²) in [4.78, 5) is 0. The van der Waals surface area contributed by atoms with Crippen LogP contribution in [0.1, 0.15) is 91.9 Å². The molecule has 0 unspecified atom stereocenters. The molecule has 8 aliphatic rings. The smallest absolute Gasteiger partial charge is 0 e. The van der Waals surface area contributed by atoms with E-state index in [2.05, 4.69) is 45.9 Å². The second-order valence-electron chi connectivity index (χ2n) is 15.1. The van der Waals surface area contributed by atoms with Crippen LogP contribution in [0.4, 0.5) is 0 Å². The SMILES string of the molecule is CC(C)P([c-]1cccc1P(C1C2CC3CC(C2)CC1C3)C1C2CC3CC(C2)CC1C3)C(C)C.[Fe].[cH-]1[cH-][cH-][cH-][cH-]1. The van der Waals surface area contributed by atoms with Crippen molar-refractivity contribution in [1.82, 2.24) is 0 Å². The second kappa shape index (κ2) is 12.0. The molecule has 3 heteroatoms. The first-order valence-electron chi connectivity index (χ1n) is 16.4. The molecular weight excluding hydrogens is 550 g/mol. The molecular formula is C36H52FeP2-6. The van der Waals surface area contributed by atoms with Gasteiger partial charge in [-0.3, -0.25) is 0 Å². The van der Waals surface area contributed by atoms with Gasteiger partial charge in [-0.2, -0.15) is 6.07 Å². The Kier molecular flexibility index (Phi) is 8.97. The van der Waals surface area contributed by atoms with Gasteiger partial charge >= 0.3 is 0 Å². The zero-order valence-corrected chi connectivity index (χ0v) is 27.8. The fraction of sp³-hybridized carbons (Fsp3) is 0.722. The summed E-state index contributed by atoms with van der Waals surface area (Å²) in [7, 11) is -0.0506. The molecule has 8 saturated carbocycles. The molecule has 220 valence electrons. The monoisotopic (exact) mass is 602 g/mol. The Morgan fingerprint density at radius 1 is 0.615 bits per heavy atom. The average Bonchev–Trinajstić information content (AvgIpc) is 3.57. The summed E-state index contributed by atoms with van der Waals surface area (Å²) in [5.74, 6) is 8.83. The van der Waals surface area contributed by atoms with Crippen molar-refractivity contribution in [2.45, 2.75) is 115 Å². The number of rotatable bonds is 6. The van der Waals surface area contributed by atoms with Gasteiger partial charge < -0.3 is 30.3 Å². The molecule has 2 aromatic rings. The van der Waals surface area contributed by atoms with Crippen molar-refractivity contribution in [3.8, 4) is 0 Å². The Morgan fingerprint density at radius 2 is 0.974 bits per heavy atom. The van der Waals surface area contributed by atoms with Crippen molar-refractivity contribution < 1.29 is 17.1 Å².